The smallest absolute Gasteiger partial charge is 0.223 e. The SMILES string of the molecule is C#CC(C)(C)NC(=O)C(C)C.CC(C)C(=O)NC1C2COCC21.CC(C)C(=O)NC1CCCC(O)C1.CC(C)C(=O)NC1CCCCC1.CC(C)C(=O)NCCC1(O)CC1.CC(O)CCNC(=O)C(C)C. The Kier molecular flexibility index (Phi) is 32.8. The van der Waals surface area contributed by atoms with E-state index in [9.17, 15) is 39.0 Å². The molecule has 9 N–H and O–H groups in total. The molecule has 71 heavy (non-hydrogen) atoms. The zero-order valence-corrected chi connectivity index (χ0v) is 46.8. The lowest BCUT2D eigenvalue weighted by Gasteiger charge is -2.27. The minimum Gasteiger partial charge on any atom is -0.393 e. The largest absolute Gasteiger partial charge is 0.393 e. The lowest BCUT2D eigenvalue weighted by molar-refractivity contribution is -0.125. The van der Waals surface area contributed by atoms with Gasteiger partial charge in [0, 0.05) is 78.6 Å². The van der Waals surface area contributed by atoms with Crippen molar-refractivity contribution in [1.82, 2.24) is 31.9 Å². The average molecular weight is 1010 g/mol. The fourth-order valence-electron chi connectivity index (χ4n) is 7.18. The van der Waals surface area contributed by atoms with Gasteiger partial charge < -0.3 is 52.0 Å². The second kappa shape index (κ2) is 34.6. The van der Waals surface area contributed by atoms with Gasteiger partial charge in [0.2, 0.25) is 35.4 Å². The third kappa shape index (κ3) is 32.1. The van der Waals surface area contributed by atoms with E-state index >= 15 is 0 Å². The van der Waals surface area contributed by atoms with Gasteiger partial charge in [0.25, 0.3) is 0 Å². The third-order valence-electron chi connectivity index (χ3n) is 12.7. The molecule has 16 heteroatoms. The van der Waals surface area contributed by atoms with Crippen molar-refractivity contribution in [2.45, 2.75) is 229 Å². The van der Waals surface area contributed by atoms with Gasteiger partial charge in [-0.2, -0.15) is 0 Å². The molecule has 4 saturated carbocycles. The molecule has 5 rings (SSSR count). The summed E-state index contributed by atoms with van der Waals surface area (Å²) in [5.74, 6) is 4.66. The number of carbonyl (C=O) groups excluding carboxylic acids is 6. The van der Waals surface area contributed by atoms with Crippen LogP contribution in [-0.2, 0) is 33.5 Å². The molecule has 6 amide bonds. The first-order chi connectivity index (χ1) is 32.9. The predicted octanol–water partition coefficient (Wildman–Crippen LogP) is 5.93. The van der Waals surface area contributed by atoms with Crippen LogP contribution in [0.2, 0.25) is 0 Å². The van der Waals surface area contributed by atoms with Crippen molar-refractivity contribution in [3.63, 3.8) is 0 Å². The number of aliphatic hydroxyl groups is 3. The number of hydrogen-bond donors (Lipinski definition) is 9. The number of carbonyl (C=O) groups is 6. The number of amides is 6. The van der Waals surface area contributed by atoms with Crippen molar-refractivity contribution in [3.8, 4) is 12.3 Å². The topological polar surface area (TPSA) is 245 Å². The molecule has 5 aliphatic rings. The van der Waals surface area contributed by atoms with E-state index in [1.165, 1.54) is 32.1 Å². The molecular formula is C55H102N6O10. The summed E-state index contributed by atoms with van der Waals surface area (Å²) in [5.41, 5.74) is -0.967. The molecule has 1 aliphatic heterocycles. The number of aliphatic hydroxyl groups excluding tert-OH is 2. The second-order valence-corrected chi connectivity index (χ2v) is 22.6. The number of hydrogen-bond acceptors (Lipinski definition) is 10. The predicted molar refractivity (Wildman–Crippen MR) is 282 cm³/mol. The summed E-state index contributed by atoms with van der Waals surface area (Å²) < 4.78 is 5.23. The maximum Gasteiger partial charge on any atom is 0.223 e. The molecular weight excluding hydrogens is 905 g/mol. The van der Waals surface area contributed by atoms with E-state index in [4.69, 9.17) is 16.3 Å². The van der Waals surface area contributed by atoms with Crippen LogP contribution >= 0.6 is 0 Å². The summed E-state index contributed by atoms with van der Waals surface area (Å²) in [6.45, 7) is 30.7. The molecule has 4 aliphatic carbocycles. The monoisotopic (exact) mass is 1010 g/mol. The van der Waals surface area contributed by atoms with Gasteiger partial charge in [-0.25, -0.2) is 0 Å². The number of nitrogens with one attached hydrogen (secondary N) is 6. The van der Waals surface area contributed by atoms with E-state index in [0.29, 0.717) is 49.9 Å². The molecule has 0 aromatic heterocycles. The van der Waals surface area contributed by atoms with Crippen LogP contribution < -0.4 is 31.9 Å². The van der Waals surface area contributed by atoms with Crippen LogP contribution in [0.25, 0.3) is 0 Å². The van der Waals surface area contributed by atoms with Gasteiger partial charge in [0.1, 0.15) is 0 Å². The highest BCUT2D eigenvalue weighted by Gasteiger charge is 2.54. The number of rotatable bonds is 16. The number of terminal acetylenes is 1. The van der Waals surface area contributed by atoms with Crippen LogP contribution in [0, 0.1) is 59.7 Å². The fraction of sp³-hybridized carbons (Fsp3) is 0.855. The normalized spacial score (nSPS) is 22.0. The van der Waals surface area contributed by atoms with Gasteiger partial charge in [-0.15, -0.1) is 6.42 Å². The van der Waals surface area contributed by atoms with E-state index < -0.39 is 11.1 Å². The maximum absolute atomic E-state index is 11.3. The minimum absolute atomic E-state index is 0.00653. The van der Waals surface area contributed by atoms with Gasteiger partial charge in [-0.05, 0) is 85.0 Å². The van der Waals surface area contributed by atoms with Gasteiger partial charge in [0.05, 0.1) is 36.6 Å². The zero-order valence-electron chi connectivity index (χ0n) is 46.8. The summed E-state index contributed by atoms with van der Waals surface area (Å²) in [7, 11) is 0. The van der Waals surface area contributed by atoms with Crippen molar-refractivity contribution in [2.24, 2.45) is 47.3 Å². The van der Waals surface area contributed by atoms with Crippen molar-refractivity contribution in [3.05, 3.63) is 0 Å². The van der Waals surface area contributed by atoms with Crippen molar-refractivity contribution in [2.75, 3.05) is 26.3 Å². The molecule has 0 aromatic rings. The molecule has 1 heterocycles. The lowest BCUT2D eigenvalue weighted by atomic mass is 9.92. The minimum atomic E-state index is -0.526. The average Bonchev–Trinajstić information content (AvgIpc) is 4.12. The number of fused-ring (bicyclic) bond motifs is 1. The Morgan fingerprint density at radius 1 is 0.606 bits per heavy atom. The Balaban J connectivity index is 0.000000829. The Labute approximate surface area is 429 Å². The molecule has 5 unspecified atom stereocenters. The third-order valence-corrected chi connectivity index (χ3v) is 12.7. The standard InChI is InChI=1S/C10H19NO2.C10H19NO.C9H15NO2.C9H17NO2.C9H15NO.C8H17NO2/c1-7(2)10(13)11-8-4-3-5-9(12)6-8;1-8(2)10(12)11-9-6-4-3-5-7-9;1-5(2)9(11)10-8-6-3-12-4-7(6)8;1-7(2)8(11)10-6-5-9(12)3-4-9;1-6-9(4,5)10-8(11)7(2)3;1-6(2)8(11)9-5-4-7(3)10/h7-9,12H,3-6H2,1-2H3,(H,11,13);8-9H,3-7H2,1-2H3,(H,11,12);5-8H,3-4H2,1-2H3,(H,10,11);7,12H,3-6H2,1-2H3,(H,10,11);1,7H,2-5H3,(H,10,11);6-7,10H,4-5H2,1-3H3,(H,9,11). The van der Waals surface area contributed by atoms with E-state index in [1.54, 1.807) is 20.8 Å². The first-order valence-electron chi connectivity index (χ1n) is 26.9. The highest BCUT2D eigenvalue weighted by Crippen LogP contribution is 2.44. The van der Waals surface area contributed by atoms with Crippen LogP contribution in [-0.4, -0.2) is 119 Å². The van der Waals surface area contributed by atoms with Crippen LogP contribution in [0.5, 0.6) is 0 Å². The maximum atomic E-state index is 11.3. The molecule has 412 valence electrons. The van der Waals surface area contributed by atoms with Crippen LogP contribution in [0.4, 0.5) is 0 Å². The van der Waals surface area contributed by atoms with Gasteiger partial charge >= 0.3 is 0 Å². The molecule has 5 atom stereocenters. The van der Waals surface area contributed by atoms with E-state index in [1.807, 2.05) is 83.1 Å². The summed E-state index contributed by atoms with van der Waals surface area (Å²) in [6, 6.07) is 1.08. The van der Waals surface area contributed by atoms with Crippen LogP contribution in [0.15, 0.2) is 0 Å². The Morgan fingerprint density at radius 3 is 1.44 bits per heavy atom. The van der Waals surface area contributed by atoms with Crippen molar-refractivity contribution >= 4 is 35.4 Å². The molecule has 16 nitrogen and oxygen atoms in total. The number of ether oxygens (including phenoxy) is 1. The van der Waals surface area contributed by atoms with E-state index in [-0.39, 0.29) is 89.2 Å². The molecule has 0 bridgehead atoms. The molecule has 0 spiro atoms. The second-order valence-electron chi connectivity index (χ2n) is 22.6. The molecule has 0 aromatic carbocycles. The molecule has 1 saturated heterocycles. The van der Waals surface area contributed by atoms with Crippen LogP contribution in [0.1, 0.15) is 187 Å². The Hall–Kier alpha value is -3.78. The summed E-state index contributed by atoms with van der Waals surface area (Å²) in [4.78, 5) is 67.0. The highest BCUT2D eigenvalue weighted by atomic mass is 16.5. The van der Waals surface area contributed by atoms with Crippen molar-refractivity contribution in [1.29, 1.82) is 0 Å². The zero-order chi connectivity index (χ0) is 54.6. The summed E-state index contributed by atoms with van der Waals surface area (Å²) in [6.07, 6.45) is 17.6. The fourth-order valence-corrected chi connectivity index (χ4v) is 7.18. The summed E-state index contributed by atoms with van der Waals surface area (Å²) >= 11 is 0. The van der Waals surface area contributed by atoms with Gasteiger partial charge in [-0.3, -0.25) is 28.8 Å². The summed E-state index contributed by atoms with van der Waals surface area (Å²) in [5, 5.41) is 45.0. The molecule has 0 radical (unpaired) electrons. The van der Waals surface area contributed by atoms with Crippen molar-refractivity contribution < 1.29 is 48.8 Å². The lowest BCUT2D eigenvalue weighted by Crippen LogP contribution is -2.44. The van der Waals surface area contributed by atoms with Gasteiger partial charge in [0.15, 0.2) is 0 Å². The Bertz CT molecular complexity index is 1580. The first kappa shape index (κ1) is 67.2. The van der Waals surface area contributed by atoms with E-state index in [2.05, 4.69) is 37.8 Å². The van der Waals surface area contributed by atoms with Crippen LogP contribution in [0.3, 0.4) is 0 Å². The van der Waals surface area contributed by atoms with E-state index in [0.717, 1.165) is 51.7 Å². The highest BCUT2D eigenvalue weighted by molar-refractivity contribution is 5.80. The van der Waals surface area contributed by atoms with Gasteiger partial charge in [-0.1, -0.05) is 108 Å². The quantitative estimate of drug-likeness (QED) is 0.0826. The first-order valence-corrected chi connectivity index (χ1v) is 26.9. The molecule has 5 fully saturated rings. The Morgan fingerprint density at radius 2 is 1.03 bits per heavy atom.